The van der Waals surface area contributed by atoms with Crippen molar-refractivity contribution in [1.29, 1.82) is 0 Å². The number of tetrazole rings is 1. The predicted octanol–water partition coefficient (Wildman–Crippen LogP) is 3.51. The summed E-state index contributed by atoms with van der Waals surface area (Å²) in [6, 6.07) is 3.05. The smallest absolute Gasteiger partial charge is 0.340 e. The Bertz CT molecular complexity index is 1170. The normalized spacial score (nSPS) is 17.1. The molecule has 0 saturated carbocycles. The first-order valence-electron chi connectivity index (χ1n) is 10.4. The molecule has 1 fully saturated rings. The predicted molar refractivity (Wildman–Crippen MR) is 109 cm³/mol. The van der Waals surface area contributed by atoms with E-state index in [2.05, 4.69) is 25.6 Å². The van der Waals surface area contributed by atoms with Gasteiger partial charge >= 0.3 is 6.18 Å². The number of benzene rings is 1. The van der Waals surface area contributed by atoms with Crippen LogP contribution in [-0.4, -0.2) is 47.7 Å². The molecule has 12 heteroatoms. The lowest BCUT2D eigenvalue weighted by Crippen LogP contribution is -2.38. The molecular formula is C21H22F3N7O2. The summed E-state index contributed by atoms with van der Waals surface area (Å²) in [5, 5.41) is 15.6. The van der Waals surface area contributed by atoms with Crippen LogP contribution in [0.2, 0.25) is 0 Å². The Balaban J connectivity index is 1.59. The molecule has 4 rings (SSSR count). The Morgan fingerprint density at radius 2 is 2.09 bits per heavy atom. The fourth-order valence-corrected chi connectivity index (χ4v) is 3.80. The van der Waals surface area contributed by atoms with Crippen molar-refractivity contribution in [3.8, 4) is 0 Å². The average Bonchev–Trinajstić information content (AvgIpc) is 3.39. The van der Waals surface area contributed by atoms with Crippen molar-refractivity contribution < 1.29 is 22.5 Å². The Morgan fingerprint density at radius 1 is 1.27 bits per heavy atom. The minimum absolute atomic E-state index is 0.0207. The van der Waals surface area contributed by atoms with Crippen molar-refractivity contribution in [3.05, 3.63) is 58.5 Å². The molecule has 0 bridgehead atoms. The van der Waals surface area contributed by atoms with Gasteiger partial charge in [0.1, 0.15) is 0 Å². The molecular weight excluding hydrogens is 439 g/mol. The van der Waals surface area contributed by atoms with Gasteiger partial charge in [0.15, 0.2) is 11.6 Å². The average molecular weight is 461 g/mol. The first kappa shape index (κ1) is 22.6. The van der Waals surface area contributed by atoms with Gasteiger partial charge in [-0.15, -0.1) is 10.2 Å². The van der Waals surface area contributed by atoms with Crippen LogP contribution >= 0.6 is 0 Å². The maximum Gasteiger partial charge on any atom is 0.416 e. The molecule has 1 aromatic carbocycles. The van der Waals surface area contributed by atoms with E-state index >= 15 is 0 Å². The monoisotopic (exact) mass is 461 g/mol. The molecule has 1 atom stereocenters. The van der Waals surface area contributed by atoms with E-state index in [9.17, 15) is 18.0 Å². The van der Waals surface area contributed by atoms with Crippen molar-refractivity contribution in [1.82, 2.24) is 35.2 Å². The standard InChI is InChI=1S/C21H22F3N7O2/c1-13-26-29-31(27-13)12-16-11-17(21(22,23)24)8-6-15(16)7-9-19(32)30-10-4-3-5-18(30)20-25-14(2)33-28-20/h6-9,11,18H,3-5,10,12H2,1-2H3/b9-7+. The van der Waals surface area contributed by atoms with Crippen molar-refractivity contribution in [2.24, 2.45) is 0 Å². The number of amides is 1. The maximum atomic E-state index is 13.3. The number of aryl methyl sites for hydroxylation is 2. The quantitative estimate of drug-likeness (QED) is 0.536. The van der Waals surface area contributed by atoms with E-state index in [-0.39, 0.29) is 18.5 Å². The lowest BCUT2D eigenvalue weighted by molar-refractivity contribution is -0.137. The largest absolute Gasteiger partial charge is 0.416 e. The van der Waals surface area contributed by atoms with E-state index in [0.717, 1.165) is 25.0 Å². The fourth-order valence-electron chi connectivity index (χ4n) is 3.80. The number of piperidine rings is 1. The third-order valence-electron chi connectivity index (χ3n) is 5.37. The lowest BCUT2D eigenvalue weighted by atomic mass is 10.0. The van der Waals surface area contributed by atoms with Gasteiger partial charge in [-0.2, -0.15) is 23.0 Å². The van der Waals surface area contributed by atoms with Crippen molar-refractivity contribution in [2.75, 3.05) is 6.54 Å². The van der Waals surface area contributed by atoms with Gasteiger partial charge in [-0.25, -0.2) is 0 Å². The molecule has 1 aliphatic rings. The summed E-state index contributed by atoms with van der Waals surface area (Å²) >= 11 is 0. The second kappa shape index (κ2) is 9.12. The summed E-state index contributed by atoms with van der Waals surface area (Å²) in [4.78, 5) is 20.1. The second-order valence-electron chi connectivity index (χ2n) is 7.83. The highest BCUT2D eigenvalue weighted by Crippen LogP contribution is 2.32. The summed E-state index contributed by atoms with van der Waals surface area (Å²) in [5.41, 5.74) is -0.0214. The van der Waals surface area contributed by atoms with Crippen LogP contribution in [0.1, 0.15) is 59.5 Å². The number of alkyl halides is 3. The SMILES string of the molecule is Cc1nnn(Cc2cc(C(F)(F)F)ccc2/C=C/C(=O)N2CCCCC2c2noc(C)n2)n1. The number of nitrogens with zero attached hydrogens (tertiary/aromatic N) is 7. The zero-order valence-electron chi connectivity index (χ0n) is 18.1. The van der Waals surface area contributed by atoms with E-state index in [1.807, 2.05) is 0 Å². The van der Waals surface area contributed by atoms with Crippen LogP contribution in [0.5, 0.6) is 0 Å². The van der Waals surface area contributed by atoms with Gasteiger partial charge in [-0.05, 0) is 60.7 Å². The molecule has 0 spiro atoms. The van der Waals surface area contributed by atoms with Crippen molar-refractivity contribution in [2.45, 2.75) is 51.9 Å². The summed E-state index contributed by atoms with van der Waals surface area (Å²) in [7, 11) is 0. The summed E-state index contributed by atoms with van der Waals surface area (Å²) in [5.74, 6) is 1.01. The summed E-state index contributed by atoms with van der Waals surface area (Å²) < 4.78 is 44.8. The van der Waals surface area contributed by atoms with Gasteiger partial charge in [-0.3, -0.25) is 4.79 Å². The van der Waals surface area contributed by atoms with E-state index < -0.39 is 11.7 Å². The fraction of sp³-hybridized carbons (Fsp3) is 0.429. The topological polar surface area (TPSA) is 103 Å². The van der Waals surface area contributed by atoms with E-state index in [0.29, 0.717) is 41.6 Å². The first-order chi connectivity index (χ1) is 15.7. The van der Waals surface area contributed by atoms with Gasteiger partial charge in [0, 0.05) is 19.5 Å². The number of carbonyl (C=O) groups excluding carboxylic acids is 1. The van der Waals surface area contributed by atoms with E-state index in [4.69, 9.17) is 4.52 Å². The molecule has 174 valence electrons. The molecule has 33 heavy (non-hydrogen) atoms. The zero-order valence-corrected chi connectivity index (χ0v) is 18.1. The third-order valence-corrected chi connectivity index (χ3v) is 5.37. The number of carbonyl (C=O) groups is 1. The highest BCUT2D eigenvalue weighted by molar-refractivity contribution is 5.92. The van der Waals surface area contributed by atoms with Crippen LogP contribution in [-0.2, 0) is 17.5 Å². The van der Waals surface area contributed by atoms with Crippen LogP contribution in [0.25, 0.3) is 6.08 Å². The van der Waals surface area contributed by atoms with Crippen LogP contribution in [0.15, 0.2) is 28.8 Å². The number of rotatable bonds is 5. The molecule has 1 saturated heterocycles. The molecule has 0 aliphatic carbocycles. The van der Waals surface area contributed by atoms with E-state index in [1.54, 1.807) is 18.7 Å². The minimum Gasteiger partial charge on any atom is -0.340 e. The zero-order chi connectivity index (χ0) is 23.6. The second-order valence-corrected chi connectivity index (χ2v) is 7.83. The number of hydrogen-bond donors (Lipinski definition) is 0. The van der Waals surface area contributed by atoms with Crippen LogP contribution < -0.4 is 0 Å². The number of likely N-dealkylation sites (tertiary alicyclic amines) is 1. The van der Waals surface area contributed by atoms with Crippen LogP contribution in [0.3, 0.4) is 0 Å². The molecule has 9 nitrogen and oxygen atoms in total. The Hall–Kier alpha value is -3.57. The van der Waals surface area contributed by atoms with Crippen molar-refractivity contribution in [3.63, 3.8) is 0 Å². The molecule has 1 amide bonds. The summed E-state index contributed by atoms with van der Waals surface area (Å²) in [6.07, 6.45) is 0.852. The van der Waals surface area contributed by atoms with E-state index in [1.165, 1.54) is 23.0 Å². The Morgan fingerprint density at radius 3 is 2.76 bits per heavy atom. The molecule has 3 heterocycles. The molecule has 0 radical (unpaired) electrons. The number of aromatic nitrogens is 6. The van der Waals surface area contributed by atoms with Gasteiger partial charge in [0.05, 0.1) is 18.2 Å². The third kappa shape index (κ3) is 5.26. The maximum absolute atomic E-state index is 13.3. The Kier molecular flexibility index (Phi) is 6.25. The van der Waals surface area contributed by atoms with Gasteiger partial charge in [0.2, 0.25) is 11.8 Å². The Labute approximate surface area is 187 Å². The summed E-state index contributed by atoms with van der Waals surface area (Å²) in [6.45, 7) is 3.83. The number of hydrogen-bond acceptors (Lipinski definition) is 7. The van der Waals surface area contributed by atoms with Crippen LogP contribution in [0.4, 0.5) is 13.2 Å². The highest BCUT2D eigenvalue weighted by atomic mass is 19.4. The molecule has 1 aliphatic heterocycles. The molecule has 3 aromatic rings. The van der Waals surface area contributed by atoms with Gasteiger partial charge in [-0.1, -0.05) is 11.2 Å². The minimum atomic E-state index is -4.50. The molecule has 0 N–H and O–H groups in total. The first-order valence-corrected chi connectivity index (χ1v) is 10.4. The molecule has 2 aromatic heterocycles. The number of halogens is 3. The highest BCUT2D eigenvalue weighted by Gasteiger charge is 2.32. The van der Waals surface area contributed by atoms with Gasteiger partial charge in [0.25, 0.3) is 0 Å². The lowest BCUT2D eigenvalue weighted by Gasteiger charge is -2.33. The van der Waals surface area contributed by atoms with Crippen LogP contribution in [0, 0.1) is 13.8 Å². The van der Waals surface area contributed by atoms with Crippen molar-refractivity contribution >= 4 is 12.0 Å². The van der Waals surface area contributed by atoms with Gasteiger partial charge < -0.3 is 9.42 Å². The molecule has 1 unspecified atom stereocenters.